The van der Waals surface area contributed by atoms with Gasteiger partial charge in [0.2, 0.25) is 0 Å². The Labute approximate surface area is 170 Å². The molecule has 138 valence electrons. The molecule has 0 aliphatic heterocycles. The molecule has 0 bridgehead atoms. The molecule has 0 saturated heterocycles. The number of carbonyl (C=O) groups excluding carboxylic acids is 1. The number of nitrogens with one attached hydrogen (secondary N) is 1. The normalized spacial score (nSPS) is 11.2. The van der Waals surface area contributed by atoms with E-state index in [1.807, 2.05) is 66.7 Å². The minimum Gasteiger partial charge on any atom is -0.268 e. The molecule has 4 rings (SSSR count). The summed E-state index contributed by atoms with van der Waals surface area (Å²) in [6.45, 7) is 0.589. The molecule has 1 N–H and O–H groups in total. The Balaban J connectivity index is 1.43. The molecule has 0 aliphatic rings. The second-order valence-corrected chi connectivity index (χ2v) is 7.21. The third kappa shape index (κ3) is 4.18. The number of amides is 1. The molecule has 0 fully saturated rings. The van der Waals surface area contributed by atoms with Gasteiger partial charge in [0.15, 0.2) is 5.69 Å². The molecule has 6 heteroatoms. The number of rotatable bonds is 5. The van der Waals surface area contributed by atoms with Gasteiger partial charge in [-0.15, -0.1) is 0 Å². The fourth-order valence-electron chi connectivity index (χ4n) is 2.97. The molecule has 1 heterocycles. The second-order valence-electron chi connectivity index (χ2n) is 6.30. The van der Waals surface area contributed by atoms with Gasteiger partial charge in [0.05, 0.1) is 12.8 Å². The molecule has 3 aromatic carbocycles. The number of fused-ring (bicyclic) bond motifs is 1. The Hall–Kier alpha value is -3.25. The van der Waals surface area contributed by atoms with Gasteiger partial charge in [-0.25, -0.2) is 5.43 Å². The molecule has 4 aromatic rings. The van der Waals surface area contributed by atoms with Crippen LogP contribution in [-0.4, -0.2) is 21.9 Å². The number of hydrogen-bond acceptors (Lipinski definition) is 3. The summed E-state index contributed by atoms with van der Waals surface area (Å²) in [7, 11) is 0. The minimum absolute atomic E-state index is 0.324. The molecular formula is C22H17BrN4O. The lowest BCUT2D eigenvalue weighted by atomic mass is 10.1. The van der Waals surface area contributed by atoms with Crippen LogP contribution in [0.2, 0.25) is 0 Å². The number of benzene rings is 3. The monoisotopic (exact) mass is 432 g/mol. The topological polar surface area (TPSA) is 59.3 Å². The van der Waals surface area contributed by atoms with Crippen LogP contribution in [0.3, 0.4) is 0 Å². The Morgan fingerprint density at radius 2 is 1.89 bits per heavy atom. The van der Waals surface area contributed by atoms with Gasteiger partial charge in [-0.05, 0) is 34.5 Å². The van der Waals surface area contributed by atoms with Gasteiger partial charge in [-0.2, -0.15) is 10.2 Å². The highest BCUT2D eigenvalue weighted by molar-refractivity contribution is 9.10. The average Bonchev–Trinajstić information content (AvgIpc) is 3.17. The number of halogens is 1. The molecule has 0 atom stereocenters. The van der Waals surface area contributed by atoms with E-state index in [0.717, 1.165) is 26.4 Å². The van der Waals surface area contributed by atoms with E-state index in [2.05, 4.69) is 31.6 Å². The van der Waals surface area contributed by atoms with Crippen LogP contribution in [0.4, 0.5) is 0 Å². The van der Waals surface area contributed by atoms with Crippen molar-refractivity contribution in [2.24, 2.45) is 5.10 Å². The smallest absolute Gasteiger partial charge is 0.268 e. The summed E-state index contributed by atoms with van der Waals surface area (Å²) in [5.41, 5.74) is 4.91. The van der Waals surface area contributed by atoms with Gasteiger partial charge in [0.1, 0.15) is 0 Å². The average molecular weight is 433 g/mol. The maximum Gasteiger partial charge on any atom is 0.291 e. The molecule has 0 saturated carbocycles. The SMILES string of the molecule is O=C(N/N=C/c1cccc2ccccc12)c1ccn(Cc2cccc(Br)c2)n1. The van der Waals surface area contributed by atoms with Crippen molar-refractivity contribution < 1.29 is 4.79 Å². The summed E-state index contributed by atoms with van der Waals surface area (Å²) in [6.07, 6.45) is 3.43. The number of carbonyl (C=O) groups is 1. The van der Waals surface area contributed by atoms with Crippen LogP contribution < -0.4 is 5.43 Å². The van der Waals surface area contributed by atoms with Crippen LogP contribution in [0, 0.1) is 0 Å². The predicted octanol–water partition coefficient (Wildman–Crippen LogP) is 4.61. The van der Waals surface area contributed by atoms with Crippen LogP contribution in [0.5, 0.6) is 0 Å². The second kappa shape index (κ2) is 8.19. The maximum absolute atomic E-state index is 12.3. The van der Waals surface area contributed by atoms with Crippen molar-refractivity contribution in [3.63, 3.8) is 0 Å². The van der Waals surface area contributed by atoms with E-state index in [1.165, 1.54) is 0 Å². The van der Waals surface area contributed by atoms with Crippen molar-refractivity contribution in [3.8, 4) is 0 Å². The zero-order valence-corrected chi connectivity index (χ0v) is 16.5. The molecule has 0 radical (unpaired) electrons. The summed E-state index contributed by atoms with van der Waals surface area (Å²) in [5, 5.41) is 10.6. The quantitative estimate of drug-likeness (QED) is 0.369. The van der Waals surface area contributed by atoms with Gasteiger partial charge in [-0.3, -0.25) is 9.48 Å². The lowest BCUT2D eigenvalue weighted by Gasteiger charge is -2.02. The largest absolute Gasteiger partial charge is 0.291 e. The number of hydrogen-bond donors (Lipinski definition) is 1. The minimum atomic E-state index is -0.343. The molecule has 1 aromatic heterocycles. The van der Waals surface area contributed by atoms with E-state index in [1.54, 1.807) is 23.2 Å². The fraction of sp³-hybridized carbons (Fsp3) is 0.0455. The highest BCUT2D eigenvalue weighted by Crippen LogP contribution is 2.16. The van der Waals surface area contributed by atoms with E-state index in [9.17, 15) is 4.79 Å². The van der Waals surface area contributed by atoms with E-state index in [0.29, 0.717) is 12.2 Å². The van der Waals surface area contributed by atoms with Crippen molar-refractivity contribution in [3.05, 3.63) is 100 Å². The van der Waals surface area contributed by atoms with E-state index < -0.39 is 0 Å². The van der Waals surface area contributed by atoms with Crippen molar-refractivity contribution >= 4 is 38.8 Å². The van der Waals surface area contributed by atoms with Crippen LogP contribution in [-0.2, 0) is 6.54 Å². The zero-order valence-electron chi connectivity index (χ0n) is 14.9. The van der Waals surface area contributed by atoms with E-state index in [4.69, 9.17) is 0 Å². The first kappa shape index (κ1) is 18.1. The van der Waals surface area contributed by atoms with Gasteiger partial charge in [0, 0.05) is 16.2 Å². The van der Waals surface area contributed by atoms with Gasteiger partial charge in [-0.1, -0.05) is 70.5 Å². The third-order valence-electron chi connectivity index (χ3n) is 4.30. The van der Waals surface area contributed by atoms with Gasteiger partial charge < -0.3 is 0 Å². The molecule has 0 aliphatic carbocycles. The maximum atomic E-state index is 12.3. The predicted molar refractivity (Wildman–Crippen MR) is 114 cm³/mol. The highest BCUT2D eigenvalue weighted by Gasteiger charge is 2.09. The summed E-state index contributed by atoms with van der Waals surface area (Å²) < 4.78 is 2.74. The first-order valence-electron chi connectivity index (χ1n) is 8.78. The van der Waals surface area contributed by atoms with Crippen LogP contribution in [0.1, 0.15) is 21.6 Å². The Bertz CT molecular complexity index is 1160. The first-order chi connectivity index (χ1) is 13.7. The van der Waals surface area contributed by atoms with Crippen LogP contribution in [0.15, 0.2) is 88.6 Å². The van der Waals surface area contributed by atoms with Crippen molar-refractivity contribution in [1.29, 1.82) is 0 Å². The van der Waals surface area contributed by atoms with Gasteiger partial charge >= 0.3 is 0 Å². The zero-order chi connectivity index (χ0) is 19.3. The number of nitrogens with zero attached hydrogens (tertiary/aromatic N) is 3. The molecule has 1 amide bonds. The Morgan fingerprint density at radius 3 is 2.79 bits per heavy atom. The van der Waals surface area contributed by atoms with E-state index >= 15 is 0 Å². The Morgan fingerprint density at radius 1 is 1.07 bits per heavy atom. The molecule has 0 spiro atoms. The lowest BCUT2D eigenvalue weighted by Crippen LogP contribution is -2.18. The summed E-state index contributed by atoms with van der Waals surface area (Å²) in [5.74, 6) is -0.343. The molecule has 28 heavy (non-hydrogen) atoms. The van der Waals surface area contributed by atoms with Crippen molar-refractivity contribution in [1.82, 2.24) is 15.2 Å². The fourth-order valence-corrected chi connectivity index (χ4v) is 3.42. The first-order valence-corrected chi connectivity index (χ1v) is 9.57. The van der Waals surface area contributed by atoms with Crippen LogP contribution >= 0.6 is 15.9 Å². The number of aromatic nitrogens is 2. The van der Waals surface area contributed by atoms with Gasteiger partial charge in [0.25, 0.3) is 5.91 Å². The van der Waals surface area contributed by atoms with Crippen molar-refractivity contribution in [2.75, 3.05) is 0 Å². The highest BCUT2D eigenvalue weighted by atomic mass is 79.9. The standard InChI is InChI=1S/C22H17BrN4O/c23-19-9-3-5-16(13-19)15-27-12-11-21(26-27)22(28)25-24-14-18-8-4-7-17-6-1-2-10-20(17)18/h1-14H,15H2,(H,25,28)/b24-14+. The number of hydrazone groups is 1. The lowest BCUT2D eigenvalue weighted by molar-refractivity contribution is 0.0949. The van der Waals surface area contributed by atoms with E-state index in [-0.39, 0.29) is 5.91 Å². The summed E-state index contributed by atoms with van der Waals surface area (Å²) >= 11 is 3.46. The summed E-state index contributed by atoms with van der Waals surface area (Å²) in [4.78, 5) is 12.3. The third-order valence-corrected chi connectivity index (χ3v) is 4.79. The van der Waals surface area contributed by atoms with Crippen molar-refractivity contribution in [2.45, 2.75) is 6.54 Å². The Kier molecular flexibility index (Phi) is 5.30. The van der Waals surface area contributed by atoms with Crippen LogP contribution in [0.25, 0.3) is 10.8 Å². The summed E-state index contributed by atoms with van der Waals surface area (Å²) in [6, 6.07) is 23.7. The molecule has 5 nitrogen and oxygen atoms in total. The molecule has 0 unspecified atom stereocenters. The molecular weight excluding hydrogens is 416 g/mol.